The molecule has 0 spiro atoms. The van der Waals surface area contributed by atoms with Crippen LogP contribution in [0.1, 0.15) is 78.4 Å². The van der Waals surface area contributed by atoms with E-state index in [1.165, 1.54) is 40.7 Å². The molecule has 2 N–H and O–H groups in total. The lowest BCUT2D eigenvalue weighted by Crippen LogP contribution is -2.37. The van der Waals surface area contributed by atoms with E-state index in [0.717, 1.165) is 61.0 Å². The maximum atomic E-state index is 11.8. The first kappa shape index (κ1) is 44.8. The van der Waals surface area contributed by atoms with Crippen LogP contribution in [0.2, 0.25) is 10.0 Å². The standard InChI is InChI=1S/C46H50Cl2N6O7/c1-27(55)59-41-21-33-37(23-39(41)57-7)49-25-51-43(33)53-35-19-31(47)15-13-29(35)11-9-17-45(3,4)61-46(5,6)18-10-12-30-14-16-32(48)20-36(30)54-44-34-22-42(60-28(2)56)40(58-8)24-38(34)50-26-52-44/h13-16,19-26H,9-12,17-18H2,1-8H3,(H,49,51,53)(H,50,52,54). The molecule has 0 aliphatic carbocycles. The summed E-state index contributed by atoms with van der Waals surface area (Å²) in [7, 11) is 3.01. The highest BCUT2D eigenvalue weighted by molar-refractivity contribution is 6.31. The van der Waals surface area contributed by atoms with Gasteiger partial charge in [-0.3, -0.25) is 9.59 Å². The number of hydrogen-bond donors (Lipinski definition) is 2. The largest absolute Gasteiger partial charge is 0.493 e. The number of rotatable bonds is 18. The Kier molecular flexibility index (Phi) is 14.2. The predicted octanol–water partition coefficient (Wildman–Crippen LogP) is 11.2. The molecule has 0 bridgehead atoms. The van der Waals surface area contributed by atoms with Gasteiger partial charge in [0, 0.05) is 58.2 Å². The number of halogens is 2. The van der Waals surface area contributed by atoms with Crippen molar-refractivity contribution in [2.45, 2.75) is 91.3 Å². The Morgan fingerprint density at radius 3 is 1.38 bits per heavy atom. The molecular weight excluding hydrogens is 819 g/mol. The molecule has 0 saturated heterocycles. The van der Waals surface area contributed by atoms with Gasteiger partial charge in [0.1, 0.15) is 24.3 Å². The second kappa shape index (κ2) is 19.3. The van der Waals surface area contributed by atoms with E-state index in [-0.39, 0.29) is 11.5 Å². The zero-order chi connectivity index (χ0) is 43.9. The Hall–Kier alpha value is -5.76. The van der Waals surface area contributed by atoms with Crippen molar-refractivity contribution in [3.05, 3.63) is 94.5 Å². The summed E-state index contributed by atoms with van der Waals surface area (Å²) >= 11 is 13.0. The van der Waals surface area contributed by atoms with E-state index in [4.69, 9.17) is 46.9 Å². The van der Waals surface area contributed by atoms with Gasteiger partial charge in [0.2, 0.25) is 0 Å². The third-order valence-corrected chi connectivity index (χ3v) is 10.5. The number of methoxy groups -OCH3 is 2. The molecule has 2 aromatic heterocycles. The van der Waals surface area contributed by atoms with Gasteiger partial charge < -0.3 is 34.3 Å². The van der Waals surface area contributed by atoms with Gasteiger partial charge in [0.15, 0.2) is 23.0 Å². The number of nitrogens with one attached hydrogen (secondary N) is 2. The van der Waals surface area contributed by atoms with Crippen molar-refractivity contribution in [1.82, 2.24) is 19.9 Å². The van der Waals surface area contributed by atoms with Gasteiger partial charge in [-0.1, -0.05) is 35.3 Å². The first-order valence-corrected chi connectivity index (χ1v) is 20.6. The summed E-state index contributed by atoms with van der Waals surface area (Å²) < 4.78 is 28.5. The number of benzene rings is 4. The molecule has 61 heavy (non-hydrogen) atoms. The molecule has 0 amide bonds. The maximum absolute atomic E-state index is 11.8. The molecule has 13 nitrogen and oxygen atoms in total. The number of carbonyl (C=O) groups excluding carboxylic acids is 2. The summed E-state index contributed by atoms with van der Waals surface area (Å²) in [5.41, 5.74) is 4.17. The minimum atomic E-state index is -0.465. The van der Waals surface area contributed by atoms with E-state index in [9.17, 15) is 9.59 Å². The van der Waals surface area contributed by atoms with Gasteiger partial charge in [0.25, 0.3) is 0 Å². The average molecular weight is 870 g/mol. The van der Waals surface area contributed by atoms with E-state index in [2.05, 4.69) is 58.3 Å². The Morgan fingerprint density at radius 2 is 1.00 bits per heavy atom. The van der Waals surface area contributed by atoms with Gasteiger partial charge in [-0.25, -0.2) is 19.9 Å². The van der Waals surface area contributed by atoms with Crippen molar-refractivity contribution in [3.8, 4) is 23.0 Å². The van der Waals surface area contributed by atoms with Crippen LogP contribution >= 0.6 is 23.2 Å². The zero-order valence-electron chi connectivity index (χ0n) is 35.6. The Morgan fingerprint density at radius 1 is 0.590 bits per heavy atom. The van der Waals surface area contributed by atoms with Crippen LogP contribution in [0.3, 0.4) is 0 Å². The van der Waals surface area contributed by atoms with Gasteiger partial charge in [-0.15, -0.1) is 0 Å². The molecule has 4 aromatic carbocycles. The normalized spacial score (nSPS) is 11.7. The lowest BCUT2D eigenvalue weighted by molar-refractivity contribution is -0.132. The highest BCUT2D eigenvalue weighted by atomic mass is 35.5. The van der Waals surface area contributed by atoms with Crippen molar-refractivity contribution in [2.24, 2.45) is 0 Å². The molecule has 0 radical (unpaired) electrons. The molecule has 320 valence electrons. The Balaban J connectivity index is 1.08. The topological polar surface area (TPSA) is 156 Å². The van der Waals surface area contributed by atoms with Crippen LogP contribution in [-0.4, -0.2) is 57.3 Å². The number of ether oxygens (including phenoxy) is 5. The summed E-state index contributed by atoms with van der Waals surface area (Å²) in [5.74, 6) is 1.47. The molecule has 0 unspecified atom stereocenters. The highest BCUT2D eigenvalue weighted by Gasteiger charge is 2.29. The molecule has 6 rings (SSSR count). The lowest BCUT2D eigenvalue weighted by Gasteiger charge is -2.36. The van der Waals surface area contributed by atoms with Crippen LogP contribution in [0, 0.1) is 0 Å². The molecule has 0 fully saturated rings. The smallest absolute Gasteiger partial charge is 0.308 e. The van der Waals surface area contributed by atoms with Crippen LogP contribution in [0.25, 0.3) is 21.8 Å². The van der Waals surface area contributed by atoms with Crippen LogP contribution in [0.4, 0.5) is 23.0 Å². The predicted molar refractivity (Wildman–Crippen MR) is 239 cm³/mol. The first-order valence-electron chi connectivity index (χ1n) is 19.9. The van der Waals surface area contributed by atoms with Crippen LogP contribution < -0.4 is 29.6 Å². The lowest BCUT2D eigenvalue weighted by atomic mass is 9.94. The van der Waals surface area contributed by atoms with E-state index in [1.54, 1.807) is 24.3 Å². The summed E-state index contributed by atoms with van der Waals surface area (Å²) in [6, 6.07) is 18.4. The van der Waals surface area contributed by atoms with E-state index < -0.39 is 23.1 Å². The highest BCUT2D eigenvalue weighted by Crippen LogP contribution is 2.38. The second-order valence-electron chi connectivity index (χ2n) is 15.9. The van der Waals surface area contributed by atoms with Crippen molar-refractivity contribution in [3.63, 3.8) is 0 Å². The summed E-state index contributed by atoms with van der Waals surface area (Å²) in [5, 5.41) is 9.37. The van der Waals surface area contributed by atoms with Gasteiger partial charge in [-0.2, -0.15) is 0 Å². The third kappa shape index (κ3) is 11.7. The SMILES string of the molecule is COc1cc2ncnc(Nc3cc(Cl)ccc3CCCC(C)(C)OC(C)(C)CCCc3ccc(Cl)cc3Nc3ncnc4cc(OC)c(OC(C)=O)cc34)c2cc1OC(C)=O. The monoisotopic (exact) mass is 868 g/mol. The molecule has 2 heterocycles. The van der Waals surface area contributed by atoms with E-state index >= 15 is 0 Å². The summed E-state index contributed by atoms with van der Waals surface area (Å²) in [6.45, 7) is 11.2. The number of carbonyl (C=O) groups is 2. The number of hydrogen-bond acceptors (Lipinski definition) is 13. The van der Waals surface area contributed by atoms with Crippen molar-refractivity contribution in [1.29, 1.82) is 0 Å². The van der Waals surface area contributed by atoms with Gasteiger partial charge >= 0.3 is 11.9 Å². The minimum Gasteiger partial charge on any atom is -0.493 e. The third-order valence-electron chi connectivity index (χ3n) is 10.0. The molecule has 15 heteroatoms. The fourth-order valence-corrected chi connectivity index (χ4v) is 7.74. The number of nitrogens with zero attached hydrogens (tertiary/aromatic N) is 4. The zero-order valence-corrected chi connectivity index (χ0v) is 37.1. The number of fused-ring (bicyclic) bond motifs is 2. The van der Waals surface area contributed by atoms with E-state index in [1.807, 2.05) is 36.4 Å². The van der Waals surface area contributed by atoms with E-state index in [0.29, 0.717) is 55.0 Å². The van der Waals surface area contributed by atoms with Crippen LogP contribution in [0.5, 0.6) is 23.0 Å². The van der Waals surface area contributed by atoms with Crippen LogP contribution in [0.15, 0.2) is 73.3 Å². The Labute approximate surface area is 365 Å². The summed E-state index contributed by atoms with van der Waals surface area (Å²) in [6.07, 6.45) is 7.78. The first-order chi connectivity index (χ1) is 29.0. The molecule has 0 aliphatic heterocycles. The quantitative estimate of drug-likeness (QED) is 0.0622. The van der Waals surface area contributed by atoms with Gasteiger partial charge in [-0.05, 0) is 114 Å². The molecule has 0 atom stereocenters. The van der Waals surface area contributed by atoms with Gasteiger partial charge in [0.05, 0.1) is 36.5 Å². The molecular formula is C46H50Cl2N6O7. The fourth-order valence-electron chi connectivity index (χ4n) is 7.40. The molecule has 0 aliphatic rings. The minimum absolute atomic E-state index is 0.274. The number of aryl methyl sites for hydroxylation is 2. The Bertz CT molecular complexity index is 2390. The maximum Gasteiger partial charge on any atom is 0.308 e. The molecule has 6 aromatic rings. The fraction of sp³-hybridized carbons (Fsp3) is 0.348. The number of esters is 2. The number of aromatic nitrogens is 4. The molecule has 0 saturated carbocycles. The van der Waals surface area contributed by atoms with Crippen molar-refractivity contribution in [2.75, 3.05) is 24.9 Å². The van der Waals surface area contributed by atoms with Crippen LogP contribution in [-0.2, 0) is 27.2 Å². The van der Waals surface area contributed by atoms with Crippen molar-refractivity contribution >= 4 is 80.0 Å². The summed E-state index contributed by atoms with van der Waals surface area (Å²) in [4.78, 5) is 41.4. The average Bonchev–Trinajstić information content (AvgIpc) is 3.18. The number of anilines is 4. The van der Waals surface area contributed by atoms with Crippen molar-refractivity contribution < 1.29 is 33.3 Å². The second-order valence-corrected chi connectivity index (χ2v) is 16.7.